The number of carboxylic acid groups (broad SMARTS) is 1. The van der Waals surface area contributed by atoms with Crippen molar-refractivity contribution in [2.24, 2.45) is 0 Å². The SMILES string of the molecule is Cc1ccc(NC(=O)COc2ccc(Cl)cc2C(=O)O)cc1Cl. The van der Waals surface area contributed by atoms with Gasteiger partial charge in [0.25, 0.3) is 5.91 Å². The van der Waals surface area contributed by atoms with Crippen LogP contribution in [0.5, 0.6) is 5.75 Å². The average Bonchev–Trinajstić information content (AvgIpc) is 2.49. The maximum Gasteiger partial charge on any atom is 0.339 e. The van der Waals surface area contributed by atoms with Crippen molar-refractivity contribution >= 4 is 40.8 Å². The van der Waals surface area contributed by atoms with Crippen LogP contribution in [0.4, 0.5) is 5.69 Å². The zero-order valence-corrected chi connectivity index (χ0v) is 13.6. The van der Waals surface area contributed by atoms with Gasteiger partial charge in [0.2, 0.25) is 0 Å². The number of ether oxygens (including phenoxy) is 1. The number of carbonyl (C=O) groups is 2. The lowest BCUT2D eigenvalue weighted by Crippen LogP contribution is -2.20. The van der Waals surface area contributed by atoms with Crippen molar-refractivity contribution in [3.8, 4) is 5.75 Å². The molecule has 2 aromatic carbocycles. The number of aromatic carboxylic acids is 1. The molecule has 0 atom stereocenters. The second-order valence-corrected chi connectivity index (χ2v) is 5.59. The van der Waals surface area contributed by atoms with E-state index < -0.39 is 11.9 Å². The second kappa shape index (κ2) is 7.35. The first-order valence-corrected chi connectivity index (χ1v) is 7.34. The van der Waals surface area contributed by atoms with Gasteiger partial charge in [0.05, 0.1) is 0 Å². The molecule has 2 aromatic rings. The largest absolute Gasteiger partial charge is 0.483 e. The quantitative estimate of drug-likeness (QED) is 0.851. The Balaban J connectivity index is 2.02. The third-order valence-electron chi connectivity index (χ3n) is 2.99. The minimum atomic E-state index is -1.19. The summed E-state index contributed by atoms with van der Waals surface area (Å²) < 4.78 is 5.26. The molecule has 7 heteroatoms. The molecule has 2 rings (SSSR count). The molecule has 5 nitrogen and oxygen atoms in total. The zero-order valence-electron chi connectivity index (χ0n) is 12.1. The van der Waals surface area contributed by atoms with Gasteiger partial charge in [-0.25, -0.2) is 4.79 Å². The maximum absolute atomic E-state index is 11.9. The molecule has 0 aliphatic rings. The Morgan fingerprint density at radius 1 is 1.17 bits per heavy atom. The molecule has 0 aromatic heterocycles. The average molecular weight is 354 g/mol. The van der Waals surface area contributed by atoms with Gasteiger partial charge in [0, 0.05) is 15.7 Å². The number of halogens is 2. The van der Waals surface area contributed by atoms with Crippen molar-refractivity contribution in [3.05, 3.63) is 57.6 Å². The predicted octanol–water partition coefficient (Wildman–Crippen LogP) is 4.02. The number of carbonyl (C=O) groups excluding carboxylic acids is 1. The molecule has 0 unspecified atom stereocenters. The molecule has 0 saturated heterocycles. The summed E-state index contributed by atoms with van der Waals surface area (Å²) in [7, 11) is 0. The molecule has 23 heavy (non-hydrogen) atoms. The molecular formula is C16H13Cl2NO4. The number of hydrogen-bond acceptors (Lipinski definition) is 3. The van der Waals surface area contributed by atoms with Crippen LogP contribution in [0.25, 0.3) is 0 Å². The van der Waals surface area contributed by atoms with Crippen molar-refractivity contribution in [3.63, 3.8) is 0 Å². The van der Waals surface area contributed by atoms with Crippen molar-refractivity contribution in [2.45, 2.75) is 6.92 Å². The highest BCUT2D eigenvalue weighted by Crippen LogP contribution is 2.23. The number of amides is 1. The Hall–Kier alpha value is -2.24. The van der Waals surface area contributed by atoms with E-state index in [2.05, 4.69) is 5.32 Å². The summed E-state index contributed by atoms with van der Waals surface area (Å²) >= 11 is 11.7. The van der Waals surface area contributed by atoms with Gasteiger partial charge in [-0.15, -0.1) is 0 Å². The summed E-state index contributed by atoms with van der Waals surface area (Å²) in [6, 6.07) is 9.27. The standard InChI is InChI=1S/C16H13Cl2NO4/c1-9-2-4-11(7-13(9)18)19-15(20)8-23-14-5-3-10(17)6-12(14)16(21)22/h2-7H,8H2,1H3,(H,19,20)(H,21,22). The first-order chi connectivity index (χ1) is 10.9. The molecule has 1 amide bonds. The summed E-state index contributed by atoms with van der Waals surface area (Å²) in [4.78, 5) is 23.0. The van der Waals surface area contributed by atoms with E-state index in [0.717, 1.165) is 5.56 Å². The second-order valence-electron chi connectivity index (χ2n) is 4.75. The van der Waals surface area contributed by atoms with Crippen LogP contribution in [0, 0.1) is 6.92 Å². The summed E-state index contributed by atoms with van der Waals surface area (Å²) in [6.07, 6.45) is 0. The Morgan fingerprint density at radius 2 is 1.91 bits per heavy atom. The molecule has 0 bridgehead atoms. The van der Waals surface area contributed by atoms with Crippen molar-refractivity contribution in [2.75, 3.05) is 11.9 Å². The van der Waals surface area contributed by atoms with E-state index in [1.54, 1.807) is 18.2 Å². The Bertz CT molecular complexity index is 762. The monoisotopic (exact) mass is 353 g/mol. The zero-order chi connectivity index (χ0) is 17.0. The van der Waals surface area contributed by atoms with Gasteiger partial charge < -0.3 is 15.2 Å². The Kier molecular flexibility index (Phi) is 5.47. The lowest BCUT2D eigenvalue weighted by Gasteiger charge is -2.10. The smallest absolute Gasteiger partial charge is 0.339 e. The minimum absolute atomic E-state index is 0.0685. The fourth-order valence-electron chi connectivity index (χ4n) is 1.81. The molecular weight excluding hydrogens is 341 g/mol. The maximum atomic E-state index is 11.9. The van der Waals surface area contributed by atoms with Crippen LogP contribution in [-0.4, -0.2) is 23.6 Å². The Labute approximate surface area is 142 Å². The van der Waals surface area contributed by atoms with E-state index in [1.807, 2.05) is 6.92 Å². The van der Waals surface area contributed by atoms with Crippen LogP contribution in [0.2, 0.25) is 10.0 Å². The van der Waals surface area contributed by atoms with Crippen LogP contribution in [0.3, 0.4) is 0 Å². The molecule has 2 N–H and O–H groups in total. The fraction of sp³-hybridized carbons (Fsp3) is 0.125. The van der Waals surface area contributed by atoms with Gasteiger partial charge in [0.1, 0.15) is 11.3 Å². The third kappa shape index (κ3) is 4.61. The molecule has 0 aliphatic heterocycles. The minimum Gasteiger partial charge on any atom is -0.483 e. The number of hydrogen-bond donors (Lipinski definition) is 2. The van der Waals surface area contributed by atoms with Crippen LogP contribution in [-0.2, 0) is 4.79 Å². The van der Waals surface area contributed by atoms with Crippen LogP contribution < -0.4 is 10.1 Å². The number of rotatable bonds is 5. The molecule has 0 fully saturated rings. The molecule has 0 saturated carbocycles. The lowest BCUT2D eigenvalue weighted by atomic mass is 10.2. The molecule has 120 valence electrons. The van der Waals surface area contributed by atoms with Gasteiger partial charge >= 0.3 is 5.97 Å². The first kappa shape index (κ1) is 17.1. The van der Waals surface area contributed by atoms with E-state index >= 15 is 0 Å². The number of nitrogens with one attached hydrogen (secondary N) is 1. The third-order valence-corrected chi connectivity index (χ3v) is 3.63. The van der Waals surface area contributed by atoms with Crippen LogP contribution in [0.1, 0.15) is 15.9 Å². The fourth-order valence-corrected chi connectivity index (χ4v) is 2.16. The van der Waals surface area contributed by atoms with Crippen LogP contribution >= 0.6 is 23.2 Å². The molecule has 0 aliphatic carbocycles. The number of benzene rings is 2. The van der Waals surface area contributed by atoms with E-state index in [4.69, 9.17) is 33.0 Å². The highest BCUT2D eigenvalue weighted by molar-refractivity contribution is 6.31. The number of aryl methyl sites for hydroxylation is 1. The number of anilines is 1. The van der Waals surface area contributed by atoms with Gasteiger partial charge in [-0.1, -0.05) is 29.3 Å². The normalized spacial score (nSPS) is 10.2. The molecule has 0 spiro atoms. The summed E-state index contributed by atoms with van der Waals surface area (Å²) in [5.74, 6) is -1.55. The highest BCUT2D eigenvalue weighted by Gasteiger charge is 2.13. The number of carboxylic acids is 1. The van der Waals surface area contributed by atoms with E-state index in [0.29, 0.717) is 10.7 Å². The molecule has 0 radical (unpaired) electrons. The van der Waals surface area contributed by atoms with Gasteiger partial charge in [-0.2, -0.15) is 0 Å². The van der Waals surface area contributed by atoms with Crippen molar-refractivity contribution < 1.29 is 19.4 Å². The summed E-state index contributed by atoms with van der Waals surface area (Å²) in [6.45, 7) is 1.51. The topological polar surface area (TPSA) is 75.6 Å². The highest BCUT2D eigenvalue weighted by atomic mass is 35.5. The van der Waals surface area contributed by atoms with E-state index in [9.17, 15) is 9.59 Å². The van der Waals surface area contributed by atoms with E-state index in [1.165, 1.54) is 18.2 Å². The van der Waals surface area contributed by atoms with Crippen LogP contribution in [0.15, 0.2) is 36.4 Å². The van der Waals surface area contributed by atoms with Gasteiger partial charge in [-0.05, 0) is 42.8 Å². The lowest BCUT2D eigenvalue weighted by molar-refractivity contribution is -0.118. The molecule has 0 heterocycles. The predicted molar refractivity (Wildman–Crippen MR) is 88.7 cm³/mol. The summed E-state index contributed by atoms with van der Waals surface area (Å²) in [5.41, 5.74) is 1.32. The van der Waals surface area contributed by atoms with Gasteiger partial charge in [0.15, 0.2) is 6.61 Å². The summed E-state index contributed by atoms with van der Waals surface area (Å²) in [5, 5.41) is 12.5. The van der Waals surface area contributed by atoms with E-state index in [-0.39, 0.29) is 22.9 Å². The Morgan fingerprint density at radius 3 is 2.57 bits per heavy atom. The first-order valence-electron chi connectivity index (χ1n) is 6.58. The van der Waals surface area contributed by atoms with Crippen molar-refractivity contribution in [1.82, 2.24) is 0 Å². The van der Waals surface area contributed by atoms with Crippen molar-refractivity contribution in [1.29, 1.82) is 0 Å². The van der Waals surface area contributed by atoms with Gasteiger partial charge in [-0.3, -0.25) is 4.79 Å².